The van der Waals surface area contributed by atoms with Gasteiger partial charge in [0.1, 0.15) is 17.8 Å². The highest BCUT2D eigenvalue weighted by Crippen LogP contribution is 2.36. The molecule has 4 rings (SSSR count). The molecule has 0 unspecified atom stereocenters. The predicted octanol–water partition coefficient (Wildman–Crippen LogP) is 2.03. The zero-order valence-corrected chi connectivity index (χ0v) is 16.8. The number of aromatic nitrogens is 4. The Kier molecular flexibility index (Phi) is 5.03. The van der Waals surface area contributed by atoms with Crippen LogP contribution in [0.3, 0.4) is 0 Å². The fraction of sp³-hybridized carbons (Fsp3) is 0.421. The van der Waals surface area contributed by atoms with Crippen LogP contribution < -0.4 is 4.90 Å². The number of anilines is 1. The molecule has 0 aliphatic heterocycles. The summed E-state index contributed by atoms with van der Waals surface area (Å²) in [6.45, 7) is 0.346. The Morgan fingerprint density at radius 1 is 1.21 bits per heavy atom. The zero-order chi connectivity index (χ0) is 19.7. The Hall–Kier alpha value is -2.52. The number of rotatable bonds is 7. The Morgan fingerprint density at radius 3 is 2.79 bits per heavy atom. The van der Waals surface area contributed by atoms with Crippen LogP contribution in [0, 0.1) is 5.92 Å². The van der Waals surface area contributed by atoms with Crippen molar-refractivity contribution in [1.82, 2.24) is 24.2 Å². The van der Waals surface area contributed by atoms with Crippen molar-refractivity contribution < 1.29 is 8.42 Å². The van der Waals surface area contributed by atoms with Gasteiger partial charge in [-0.05, 0) is 36.5 Å². The fourth-order valence-electron chi connectivity index (χ4n) is 3.74. The number of sulfonamides is 1. The van der Waals surface area contributed by atoms with Gasteiger partial charge in [-0.15, -0.1) is 0 Å². The van der Waals surface area contributed by atoms with E-state index in [0.717, 1.165) is 35.3 Å². The topological polar surface area (TPSA) is 95.1 Å². The molecule has 1 fully saturated rings. The molecule has 0 bridgehead atoms. The summed E-state index contributed by atoms with van der Waals surface area (Å²) < 4.78 is 26.8. The van der Waals surface area contributed by atoms with Crippen molar-refractivity contribution in [2.24, 2.45) is 5.92 Å². The van der Waals surface area contributed by atoms with Crippen molar-refractivity contribution in [3.63, 3.8) is 0 Å². The minimum Gasteiger partial charge on any atom is -0.356 e. The molecule has 0 amide bonds. The van der Waals surface area contributed by atoms with Crippen molar-refractivity contribution in [2.45, 2.75) is 25.4 Å². The molecule has 0 aromatic carbocycles. The number of hydrogen-bond acceptors (Lipinski definition) is 6. The monoisotopic (exact) mass is 400 g/mol. The Morgan fingerprint density at radius 2 is 2.04 bits per heavy atom. The van der Waals surface area contributed by atoms with Crippen molar-refractivity contribution in [1.29, 1.82) is 0 Å². The van der Waals surface area contributed by atoms with Crippen LogP contribution in [0.5, 0.6) is 0 Å². The van der Waals surface area contributed by atoms with Crippen molar-refractivity contribution in [2.75, 3.05) is 24.7 Å². The maximum Gasteiger partial charge on any atom is 0.214 e. The molecule has 1 aliphatic rings. The maximum absolute atomic E-state index is 12.7. The minimum absolute atomic E-state index is 0.164. The summed E-state index contributed by atoms with van der Waals surface area (Å²) in [6.07, 6.45) is 8.47. The highest BCUT2D eigenvalue weighted by atomic mass is 32.2. The van der Waals surface area contributed by atoms with E-state index in [1.165, 1.54) is 4.31 Å². The number of pyridine rings is 1. The molecule has 1 saturated carbocycles. The first-order valence-electron chi connectivity index (χ1n) is 9.28. The lowest BCUT2D eigenvalue weighted by atomic mass is 9.81. The van der Waals surface area contributed by atoms with Crippen molar-refractivity contribution in [3.05, 3.63) is 48.7 Å². The van der Waals surface area contributed by atoms with Crippen molar-refractivity contribution >= 4 is 26.9 Å². The number of fused-ring (bicyclic) bond motifs is 1. The van der Waals surface area contributed by atoms with Crippen molar-refractivity contribution in [3.8, 4) is 0 Å². The molecule has 0 saturated heterocycles. The second-order valence-corrected chi connectivity index (χ2v) is 9.56. The Balaban J connectivity index is 1.35. The largest absolute Gasteiger partial charge is 0.356 e. The van der Waals surface area contributed by atoms with Crippen LogP contribution in [0.1, 0.15) is 18.4 Å². The number of nitrogens with one attached hydrogen (secondary N) is 1. The number of aromatic amines is 1. The van der Waals surface area contributed by atoms with Gasteiger partial charge in [-0.25, -0.2) is 22.7 Å². The molecular weight excluding hydrogens is 376 g/mol. The summed E-state index contributed by atoms with van der Waals surface area (Å²) in [5, 5.41) is 0.984. The molecule has 1 aliphatic carbocycles. The summed E-state index contributed by atoms with van der Waals surface area (Å²) in [7, 11) is 0.344. The summed E-state index contributed by atoms with van der Waals surface area (Å²) in [5.74, 6) is 1.22. The lowest BCUT2D eigenvalue weighted by Gasteiger charge is -2.42. The number of hydrogen-bond donors (Lipinski definition) is 1. The van der Waals surface area contributed by atoms with Crippen LogP contribution >= 0.6 is 0 Å². The van der Waals surface area contributed by atoms with Crippen LogP contribution in [0.25, 0.3) is 11.0 Å². The number of H-pyrrole nitrogens is 1. The van der Waals surface area contributed by atoms with E-state index >= 15 is 0 Å². The first-order valence-corrected chi connectivity index (χ1v) is 10.9. The van der Waals surface area contributed by atoms with Gasteiger partial charge in [0.05, 0.1) is 11.1 Å². The quantitative estimate of drug-likeness (QED) is 0.652. The lowest BCUT2D eigenvalue weighted by molar-refractivity contribution is 0.278. The molecule has 28 heavy (non-hydrogen) atoms. The molecule has 8 nitrogen and oxygen atoms in total. The van der Waals surface area contributed by atoms with E-state index in [4.69, 9.17) is 0 Å². The van der Waals surface area contributed by atoms with E-state index in [0.29, 0.717) is 6.54 Å². The van der Waals surface area contributed by atoms with E-state index in [1.807, 2.05) is 31.4 Å². The molecule has 0 radical (unpaired) electrons. The highest BCUT2D eigenvalue weighted by molar-refractivity contribution is 7.89. The van der Waals surface area contributed by atoms with Gasteiger partial charge in [0.2, 0.25) is 10.0 Å². The molecule has 1 N–H and O–H groups in total. The van der Waals surface area contributed by atoms with Crippen LogP contribution in [0.4, 0.5) is 5.82 Å². The van der Waals surface area contributed by atoms with Gasteiger partial charge in [0.25, 0.3) is 0 Å². The second kappa shape index (κ2) is 7.48. The third-order valence-corrected chi connectivity index (χ3v) is 7.45. The van der Waals surface area contributed by atoms with Gasteiger partial charge in [-0.3, -0.25) is 4.98 Å². The summed E-state index contributed by atoms with van der Waals surface area (Å²) in [5.41, 5.74) is 1.70. The fourth-order valence-corrected chi connectivity index (χ4v) is 5.21. The van der Waals surface area contributed by atoms with E-state index < -0.39 is 10.0 Å². The van der Waals surface area contributed by atoms with Crippen LogP contribution in [-0.4, -0.2) is 58.5 Å². The standard InChI is InChI=1S/C19H24N6O2S/c1-24(11-14-4-3-6-20-10-14)28(26,27)12-15-8-16(9-15)25(2)19-17-5-7-21-18(17)22-13-23-19/h3-7,10,13,15-16H,8-9,11-12H2,1-2H3,(H,21,22,23)/t15-,16+. The summed E-state index contributed by atoms with van der Waals surface area (Å²) >= 11 is 0. The van der Waals surface area contributed by atoms with E-state index in [-0.39, 0.29) is 17.7 Å². The molecule has 9 heteroatoms. The third kappa shape index (κ3) is 3.72. The first-order chi connectivity index (χ1) is 13.4. The van der Waals surface area contributed by atoms with Gasteiger partial charge in [-0.2, -0.15) is 0 Å². The van der Waals surface area contributed by atoms with Gasteiger partial charge < -0.3 is 9.88 Å². The SMILES string of the molecule is CN(Cc1cccnc1)S(=O)(=O)C[C@H]1C[C@@H](N(C)c2ncnc3[nH]ccc23)C1. The molecule has 0 atom stereocenters. The van der Waals surface area contributed by atoms with Gasteiger partial charge in [-0.1, -0.05) is 6.07 Å². The molecule has 3 heterocycles. The Labute approximate surface area is 164 Å². The normalized spacial score (nSPS) is 19.7. The molecular formula is C19H24N6O2S. The van der Waals surface area contributed by atoms with Crippen LogP contribution in [0.2, 0.25) is 0 Å². The minimum atomic E-state index is -3.30. The first kappa shape index (κ1) is 18.8. The van der Waals surface area contributed by atoms with Gasteiger partial charge >= 0.3 is 0 Å². The van der Waals surface area contributed by atoms with Crippen LogP contribution in [0.15, 0.2) is 43.1 Å². The second-order valence-electron chi connectivity index (χ2n) is 7.44. The number of nitrogens with zero attached hydrogens (tertiary/aromatic N) is 5. The van der Waals surface area contributed by atoms with Gasteiger partial charge in [0.15, 0.2) is 0 Å². The molecule has 3 aromatic rings. The Bertz CT molecular complexity index is 1050. The molecule has 148 valence electrons. The average molecular weight is 401 g/mol. The predicted molar refractivity (Wildman–Crippen MR) is 108 cm³/mol. The highest BCUT2D eigenvalue weighted by Gasteiger charge is 2.37. The van der Waals surface area contributed by atoms with E-state index in [2.05, 4.69) is 24.8 Å². The van der Waals surface area contributed by atoms with E-state index in [9.17, 15) is 8.42 Å². The van der Waals surface area contributed by atoms with Crippen LogP contribution in [-0.2, 0) is 16.6 Å². The zero-order valence-electron chi connectivity index (χ0n) is 16.0. The summed E-state index contributed by atoms with van der Waals surface area (Å²) in [4.78, 5) is 17.9. The van der Waals surface area contributed by atoms with Gasteiger partial charge in [0, 0.05) is 45.3 Å². The average Bonchev–Trinajstić information content (AvgIpc) is 3.13. The van der Waals surface area contributed by atoms with E-state index in [1.54, 1.807) is 25.8 Å². The summed E-state index contributed by atoms with van der Waals surface area (Å²) in [6, 6.07) is 5.96. The lowest BCUT2D eigenvalue weighted by Crippen LogP contribution is -2.46. The molecule has 3 aromatic heterocycles. The third-order valence-electron chi connectivity index (χ3n) is 5.47. The molecule has 0 spiro atoms. The maximum atomic E-state index is 12.7. The smallest absolute Gasteiger partial charge is 0.214 e.